The number of carbonyl (C=O) groups excluding carboxylic acids is 1. The molecule has 0 bridgehead atoms. The molecule has 1 aromatic carbocycles. The molecule has 1 amide bonds. The van der Waals surface area contributed by atoms with E-state index in [2.05, 4.69) is 5.32 Å². The lowest BCUT2D eigenvalue weighted by Crippen LogP contribution is -2.33. The molecule has 0 unspecified atom stereocenters. The Morgan fingerprint density at radius 3 is 2.67 bits per heavy atom. The first kappa shape index (κ1) is 16.9. The average Bonchev–Trinajstić information content (AvgIpc) is 2.44. The summed E-state index contributed by atoms with van der Waals surface area (Å²) in [7, 11) is 0. The van der Waals surface area contributed by atoms with Crippen LogP contribution in [-0.4, -0.2) is 35.4 Å². The predicted molar refractivity (Wildman–Crippen MR) is 82.0 cm³/mol. The van der Waals surface area contributed by atoms with Gasteiger partial charge < -0.3 is 11.1 Å². The number of hydrogen-bond acceptors (Lipinski definition) is 5. The molecule has 0 aliphatic rings. The molecule has 0 fully saturated rings. The Morgan fingerprint density at radius 1 is 1.43 bits per heavy atom. The van der Waals surface area contributed by atoms with Gasteiger partial charge in [-0.1, -0.05) is 19.9 Å². The fourth-order valence-corrected chi connectivity index (χ4v) is 1.99. The Bertz CT molecular complexity index is 505. The van der Waals surface area contributed by atoms with Gasteiger partial charge in [0.15, 0.2) is 0 Å². The second kappa shape index (κ2) is 8.21. The summed E-state index contributed by atoms with van der Waals surface area (Å²) in [6.45, 7) is 5.83. The van der Waals surface area contributed by atoms with Gasteiger partial charge in [-0.25, -0.2) is 0 Å². The van der Waals surface area contributed by atoms with E-state index in [4.69, 9.17) is 5.73 Å². The summed E-state index contributed by atoms with van der Waals surface area (Å²) in [6, 6.07) is 5.08. The molecule has 7 heteroatoms. The third kappa shape index (κ3) is 5.39. The lowest BCUT2D eigenvalue weighted by atomic mass is 10.1. The Labute approximate surface area is 124 Å². The molecule has 0 spiro atoms. The van der Waals surface area contributed by atoms with Crippen LogP contribution in [0.15, 0.2) is 18.2 Å². The molecule has 1 aromatic rings. The van der Waals surface area contributed by atoms with Crippen molar-refractivity contribution in [3.8, 4) is 0 Å². The topological polar surface area (TPSA) is 102 Å². The van der Waals surface area contributed by atoms with Gasteiger partial charge in [0.05, 0.1) is 11.5 Å². The van der Waals surface area contributed by atoms with Crippen LogP contribution in [0.25, 0.3) is 0 Å². The van der Waals surface area contributed by atoms with Crippen LogP contribution in [-0.2, 0) is 11.3 Å². The summed E-state index contributed by atoms with van der Waals surface area (Å²) in [5.41, 5.74) is 6.53. The first-order valence-electron chi connectivity index (χ1n) is 6.99. The van der Waals surface area contributed by atoms with Gasteiger partial charge in [-0.15, -0.1) is 0 Å². The van der Waals surface area contributed by atoms with Crippen molar-refractivity contribution < 1.29 is 9.72 Å². The van der Waals surface area contributed by atoms with E-state index in [1.807, 2.05) is 24.8 Å². The molecular weight excluding hydrogens is 272 g/mol. The number of nitrogens with zero attached hydrogens (tertiary/aromatic N) is 2. The third-order valence-corrected chi connectivity index (χ3v) is 3.06. The number of amides is 1. The minimum Gasteiger partial charge on any atom is -0.380 e. The van der Waals surface area contributed by atoms with Crippen molar-refractivity contribution in [2.24, 2.45) is 5.73 Å². The molecule has 0 atom stereocenters. The van der Waals surface area contributed by atoms with Crippen molar-refractivity contribution in [1.29, 1.82) is 0 Å². The molecule has 0 heterocycles. The molecule has 0 radical (unpaired) electrons. The molecule has 3 N–H and O–H groups in total. The van der Waals surface area contributed by atoms with Gasteiger partial charge in [-0.2, -0.15) is 0 Å². The summed E-state index contributed by atoms with van der Waals surface area (Å²) in [6.07, 6.45) is 0.890. The maximum atomic E-state index is 11.1. The van der Waals surface area contributed by atoms with E-state index in [9.17, 15) is 14.9 Å². The van der Waals surface area contributed by atoms with Gasteiger partial charge >= 0.3 is 0 Å². The van der Waals surface area contributed by atoms with Crippen LogP contribution >= 0.6 is 0 Å². The van der Waals surface area contributed by atoms with Crippen LogP contribution in [0.3, 0.4) is 0 Å². The number of primary amides is 1. The van der Waals surface area contributed by atoms with E-state index >= 15 is 0 Å². The zero-order valence-electron chi connectivity index (χ0n) is 12.5. The van der Waals surface area contributed by atoms with E-state index in [1.165, 1.54) is 0 Å². The second-order valence-corrected chi connectivity index (χ2v) is 4.80. The molecule has 0 aromatic heterocycles. The van der Waals surface area contributed by atoms with E-state index in [-0.39, 0.29) is 12.2 Å². The second-order valence-electron chi connectivity index (χ2n) is 4.80. The third-order valence-electron chi connectivity index (χ3n) is 3.06. The van der Waals surface area contributed by atoms with Gasteiger partial charge in [-0.3, -0.25) is 19.8 Å². The molecule has 7 nitrogen and oxygen atoms in total. The van der Waals surface area contributed by atoms with Gasteiger partial charge in [0, 0.05) is 19.2 Å². The number of nitro benzene ring substituents is 1. The molecule has 0 saturated carbocycles. The summed E-state index contributed by atoms with van der Waals surface area (Å²) in [4.78, 5) is 23.6. The number of rotatable bonds is 9. The summed E-state index contributed by atoms with van der Waals surface area (Å²) in [5.74, 6) is -0.410. The summed E-state index contributed by atoms with van der Waals surface area (Å²) >= 11 is 0. The minimum absolute atomic E-state index is 0.0519. The highest BCUT2D eigenvalue weighted by atomic mass is 16.6. The molecule has 0 aliphatic carbocycles. The normalized spacial score (nSPS) is 10.6. The van der Waals surface area contributed by atoms with Crippen LogP contribution < -0.4 is 11.1 Å². The van der Waals surface area contributed by atoms with Gasteiger partial charge in [0.1, 0.15) is 5.69 Å². The quantitative estimate of drug-likeness (QED) is 0.533. The maximum absolute atomic E-state index is 11.1. The highest BCUT2D eigenvalue weighted by Crippen LogP contribution is 2.26. The van der Waals surface area contributed by atoms with Crippen molar-refractivity contribution >= 4 is 17.3 Å². The van der Waals surface area contributed by atoms with E-state index in [0.717, 1.165) is 12.0 Å². The Balaban J connectivity index is 2.91. The van der Waals surface area contributed by atoms with E-state index in [1.54, 1.807) is 12.1 Å². The monoisotopic (exact) mass is 294 g/mol. The van der Waals surface area contributed by atoms with Crippen molar-refractivity contribution in [3.05, 3.63) is 33.9 Å². The zero-order chi connectivity index (χ0) is 15.8. The van der Waals surface area contributed by atoms with Gasteiger partial charge in [0.2, 0.25) is 5.91 Å². The van der Waals surface area contributed by atoms with Crippen molar-refractivity contribution in [1.82, 2.24) is 4.90 Å². The number of anilines is 1. The fraction of sp³-hybridized carbons (Fsp3) is 0.500. The predicted octanol–water partition coefficient (Wildman–Crippen LogP) is 1.72. The molecule has 1 rings (SSSR count). The van der Waals surface area contributed by atoms with E-state index in [0.29, 0.717) is 25.3 Å². The number of carbonyl (C=O) groups is 1. The van der Waals surface area contributed by atoms with E-state index < -0.39 is 10.8 Å². The van der Waals surface area contributed by atoms with Crippen molar-refractivity contribution in [2.45, 2.75) is 26.8 Å². The Morgan fingerprint density at radius 2 is 2.14 bits per heavy atom. The standard InChI is InChI=1S/C14H22N4O3/c1-3-7-16-12-6-5-11(8-13(12)18(20)21)9-17(4-2)10-14(15)19/h5-6,8,16H,3-4,7,9-10H2,1-2H3,(H2,15,19). The van der Waals surface area contributed by atoms with Crippen molar-refractivity contribution in [3.63, 3.8) is 0 Å². The average molecular weight is 294 g/mol. The highest BCUT2D eigenvalue weighted by molar-refractivity contribution is 5.75. The van der Waals surface area contributed by atoms with Crippen molar-refractivity contribution in [2.75, 3.05) is 25.0 Å². The number of nitrogens with two attached hydrogens (primary N) is 1. The van der Waals surface area contributed by atoms with Gasteiger partial charge in [-0.05, 0) is 24.6 Å². The molecule has 0 aliphatic heterocycles. The number of likely N-dealkylation sites (N-methyl/N-ethyl adjacent to an activating group) is 1. The molecule has 116 valence electrons. The smallest absolute Gasteiger partial charge is 0.292 e. The largest absolute Gasteiger partial charge is 0.380 e. The number of nitro groups is 1. The van der Waals surface area contributed by atoms with Crippen LogP contribution in [0.2, 0.25) is 0 Å². The summed E-state index contributed by atoms with van der Waals surface area (Å²) < 4.78 is 0. The number of benzene rings is 1. The Hall–Kier alpha value is -2.15. The first-order valence-corrected chi connectivity index (χ1v) is 6.99. The zero-order valence-corrected chi connectivity index (χ0v) is 12.5. The lowest BCUT2D eigenvalue weighted by molar-refractivity contribution is -0.384. The summed E-state index contributed by atoms with van der Waals surface area (Å²) in [5, 5.41) is 14.2. The van der Waals surface area contributed by atoms with Crippen LogP contribution in [0.4, 0.5) is 11.4 Å². The van der Waals surface area contributed by atoms with Crippen LogP contribution in [0, 0.1) is 10.1 Å². The maximum Gasteiger partial charge on any atom is 0.292 e. The number of hydrogen-bond donors (Lipinski definition) is 2. The van der Waals surface area contributed by atoms with Crippen LogP contribution in [0.5, 0.6) is 0 Å². The fourth-order valence-electron chi connectivity index (χ4n) is 1.99. The Kier molecular flexibility index (Phi) is 6.61. The highest BCUT2D eigenvalue weighted by Gasteiger charge is 2.15. The lowest BCUT2D eigenvalue weighted by Gasteiger charge is -2.18. The van der Waals surface area contributed by atoms with Gasteiger partial charge in [0.25, 0.3) is 5.69 Å². The molecular formula is C14H22N4O3. The molecule has 0 saturated heterocycles. The molecule has 21 heavy (non-hydrogen) atoms. The number of nitrogens with one attached hydrogen (secondary N) is 1. The first-order chi connectivity index (χ1) is 9.97. The minimum atomic E-state index is -0.410. The van der Waals surface area contributed by atoms with Crippen LogP contribution in [0.1, 0.15) is 25.8 Å². The SMILES string of the molecule is CCCNc1ccc(CN(CC)CC(N)=O)cc1[N+](=O)[O-].